The van der Waals surface area contributed by atoms with Crippen molar-refractivity contribution in [3.8, 4) is 0 Å². The summed E-state index contributed by atoms with van der Waals surface area (Å²) >= 11 is 0. The van der Waals surface area contributed by atoms with Crippen molar-refractivity contribution >= 4 is 11.8 Å². The van der Waals surface area contributed by atoms with Gasteiger partial charge in [-0.25, -0.2) is 4.79 Å². The van der Waals surface area contributed by atoms with Crippen molar-refractivity contribution < 1.29 is 14.3 Å². The highest BCUT2D eigenvalue weighted by molar-refractivity contribution is 6.01. The first kappa shape index (κ1) is 17.8. The number of rotatable bonds is 5. The van der Waals surface area contributed by atoms with Crippen LogP contribution < -0.4 is 0 Å². The zero-order valence-electron chi connectivity index (χ0n) is 14.7. The molecule has 2 heterocycles. The Labute approximate surface area is 139 Å². The highest BCUT2D eigenvalue weighted by atomic mass is 16.6. The lowest BCUT2D eigenvalue weighted by atomic mass is 9.97. The highest BCUT2D eigenvalue weighted by Crippen LogP contribution is 2.25. The largest absolute Gasteiger partial charge is 0.444 e. The lowest BCUT2D eigenvalue weighted by molar-refractivity contribution is 0.0177. The minimum atomic E-state index is -0.485. The van der Waals surface area contributed by atoms with Gasteiger partial charge in [-0.3, -0.25) is 9.91 Å². The number of nitrogens with zero attached hydrogens (tertiary/aromatic N) is 3. The van der Waals surface area contributed by atoms with Gasteiger partial charge in [0.2, 0.25) is 0 Å². The van der Waals surface area contributed by atoms with Crippen LogP contribution in [0.1, 0.15) is 40.0 Å². The lowest BCUT2D eigenvalue weighted by Crippen LogP contribution is -2.60. The second-order valence-corrected chi connectivity index (χ2v) is 7.15. The Hall–Kier alpha value is -1.56. The van der Waals surface area contributed by atoms with Crippen LogP contribution in [0, 0.1) is 0 Å². The van der Waals surface area contributed by atoms with E-state index in [0.717, 1.165) is 25.1 Å². The predicted octanol–water partition coefficient (Wildman–Crippen LogP) is 2.65. The average Bonchev–Trinajstić information content (AvgIpc) is 2.86. The highest BCUT2D eigenvalue weighted by Gasteiger charge is 2.41. The zero-order chi connectivity index (χ0) is 17.0. The molecule has 1 unspecified atom stereocenters. The molecule has 6 heteroatoms. The van der Waals surface area contributed by atoms with E-state index in [9.17, 15) is 4.79 Å². The normalized spacial score (nSPS) is 26.3. The fraction of sp³-hybridized carbons (Fsp3) is 0.765. The second-order valence-electron chi connectivity index (χ2n) is 7.15. The summed E-state index contributed by atoms with van der Waals surface area (Å²) in [4.78, 5) is 14.0. The molecule has 0 bridgehead atoms. The second kappa shape index (κ2) is 7.34. The fourth-order valence-electron chi connectivity index (χ4n) is 2.97. The fourth-order valence-corrected chi connectivity index (χ4v) is 2.97. The summed E-state index contributed by atoms with van der Waals surface area (Å²) in [5.74, 6) is 0. The van der Waals surface area contributed by atoms with Crippen molar-refractivity contribution in [2.75, 3.05) is 26.8 Å². The number of carbonyl (C=O) groups is 1. The topological polar surface area (TPSA) is 54.4 Å². The molecule has 2 aliphatic heterocycles. The number of likely N-dealkylation sites (tertiary alicyclic amines) is 1. The van der Waals surface area contributed by atoms with Gasteiger partial charge in [-0.1, -0.05) is 6.08 Å². The average molecular weight is 323 g/mol. The summed E-state index contributed by atoms with van der Waals surface area (Å²) in [5.41, 5.74) is 0.542. The summed E-state index contributed by atoms with van der Waals surface area (Å²) in [7, 11) is 1.72. The van der Waals surface area contributed by atoms with Crippen LogP contribution >= 0.6 is 0 Å². The van der Waals surface area contributed by atoms with Crippen molar-refractivity contribution in [3.05, 3.63) is 12.7 Å². The SMILES string of the molecule is C=CCC1/C(=N/N2CCC[C@@H]2COC)CN1C(=O)OC(C)(C)C. The third-order valence-corrected chi connectivity index (χ3v) is 4.07. The van der Waals surface area contributed by atoms with E-state index in [2.05, 4.69) is 11.6 Å². The maximum absolute atomic E-state index is 12.3. The van der Waals surface area contributed by atoms with Gasteiger partial charge in [-0.15, -0.1) is 6.58 Å². The molecule has 2 fully saturated rings. The number of hydrazone groups is 1. The van der Waals surface area contributed by atoms with Gasteiger partial charge in [-0.2, -0.15) is 5.10 Å². The van der Waals surface area contributed by atoms with Gasteiger partial charge in [-0.05, 0) is 40.0 Å². The maximum atomic E-state index is 12.3. The molecule has 2 aliphatic rings. The molecule has 130 valence electrons. The van der Waals surface area contributed by atoms with Crippen LogP contribution in [-0.2, 0) is 9.47 Å². The van der Waals surface area contributed by atoms with Gasteiger partial charge in [0.05, 0.1) is 30.9 Å². The third kappa shape index (κ3) is 4.47. The third-order valence-electron chi connectivity index (χ3n) is 4.07. The van der Waals surface area contributed by atoms with E-state index in [1.165, 1.54) is 0 Å². The van der Waals surface area contributed by atoms with Crippen molar-refractivity contribution in [2.45, 2.75) is 57.7 Å². The van der Waals surface area contributed by atoms with Gasteiger partial charge in [0.15, 0.2) is 0 Å². The smallest absolute Gasteiger partial charge is 0.411 e. The van der Waals surface area contributed by atoms with E-state index < -0.39 is 5.60 Å². The molecule has 0 aliphatic carbocycles. The number of hydrogen-bond donors (Lipinski definition) is 0. The molecule has 0 radical (unpaired) electrons. The van der Waals surface area contributed by atoms with Crippen LogP contribution in [0.5, 0.6) is 0 Å². The molecule has 0 spiro atoms. The van der Waals surface area contributed by atoms with Crippen molar-refractivity contribution in [1.29, 1.82) is 0 Å². The molecule has 0 saturated carbocycles. The van der Waals surface area contributed by atoms with Crippen LogP contribution in [0.25, 0.3) is 0 Å². The van der Waals surface area contributed by atoms with Gasteiger partial charge in [0.25, 0.3) is 0 Å². The number of hydrogen-bond acceptors (Lipinski definition) is 5. The summed E-state index contributed by atoms with van der Waals surface area (Å²) in [6.45, 7) is 11.6. The summed E-state index contributed by atoms with van der Waals surface area (Å²) in [6.07, 6.45) is 4.48. The lowest BCUT2D eigenvalue weighted by Gasteiger charge is -2.42. The molecule has 0 aromatic rings. The summed E-state index contributed by atoms with van der Waals surface area (Å²) in [5, 5.41) is 6.90. The standard InChI is InChI=1S/C17H29N3O3/c1-6-8-15-14(11-19(15)16(21)23-17(2,3)4)18-20-10-7-9-13(20)12-22-5/h6,13,15H,1,7-12H2,2-5H3/b18-14+/t13-,15?/m1/s1. The zero-order valence-corrected chi connectivity index (χ0v) is 14.7. The number of amides is 1. The van der Waals surface area contributed by atoms with E-state index >= 15 is 0 Å². The first-order valence-electron chi connectivity index (χ1n) is 8.29. The van der Waals surface area contributed by atoms with Gasteiger partial charge < -0.3 is 9.47 Å². The van der Waals surface area contributed by atoms with Crippen molar-refractivity contribution in [2.24, 2.45) is 5.10 Å². The molecule has 2 saturated heterocycles. The van der Waals surface area contributed by atoms with Gasteiger partial charge >= 0.3 is 6.09 Å². The van der Waals surface area contributed by atoms with Crippen LogP contribution in [0.3, 0.4) is 0 Å². The maximum Gasteiger partial charge on any atom is 0.411 e. The molecule has 1 amide bonds. The minimum absolute atomic E-state index is 0.0360. The molecule has 0 aromatic carbocycles. The quantitative estimate of drug-likeness (QED) is 0.730. The molecule has 2 atom stereocenters. The Morgan fingerprint density at radius 1 is 1.48 bits per heavy atom. The van der Waals surface area contributed by atoms with E-state index in [4.69, 9.17) is 14.6 Å². The predicted molar refractivity (Wildman–Crippen MR) is 90.6 cm³/mol. The molecular formula is C17H29N3O3. The van der Waals surface area contributed by atoms with Crippen LogP contribution in [0.4, 0.5) is 4.79 Å². The Morgan fingerprint density at radius 3 is 2.83 bits per heavy atom. The first-order chi connectivity index (χ1) is 10.9. The van der Waals surface area contributed by atoms with Gasteiger partial charge in [0, 0.05) is 13.7 Å². The first-order valence-corrected chi connectivity index (χ1v) is 8.29. The monoisotopic (exact) mass is 323 g/mol. The van der Waals surface area contributed by atoms with Crippen molar-refractivity contribution in [1.82, 2.24) is 9.91 Å². The van der Waals surface area contributed by atoms with E-state index in [1.807, 2.05) is 26.8 Å². The molecule has 23 heavy (non-hydrogen) atoms. The van der Waals surface area contributed by atoms with Crippen LogP contribution in [-0.4, -0.2) is 66.2 Å². The number of ether oxygens (including phenoxy) is 2. The molecule has 2 rings (SSSR count). The van der Waals surface area contributed by atoms with E-state index in [-0.39, 0.29) is 12.1 Å². The Kier molecular flexibility index (Phi) is 5.68. The Bertz CT molecular complexity index is 470. The van der Waals surface area contributed by atoms with Crippen molar-refractivity contribution in [3.63, 3.8) is 0 Å². The van der Waals surface area contributed by atoms with Crippen LogP contribution in [0.2, 0.25) is 0 Å². The van der Waals surface area contributed by atoms with Gasteiger partial charge in [0.1, 0.15) is 5.60 Å². The molecule has 0 aromatic heterocycles. The Balaban J connectivity index is 2.02. The summed E-state index contributed by atoms with van der Waals surface area (Å²) < 4.78 is 10.7. The van der Waals surface area contributed by atoms with Crippen LogP contribution in [0.15, 0.2) is 17.8 Å². The summed E-state index contributed by atoms with van der Waals surface area (Å²) in [6, 6.07) is 0.304. The van der Waals surface area contributed by atoms with E-state index in [1.54, 1.807) is 12.0 Å². The molecule has 0 N–H and O–H groups in total. The molecular weight excluding hydrogens is 294 g/mol. The van der Waals surface area contributed by atoms with E-state index in [0.29, 0.717) is 25.6 Å². The number of carbonyl (C=O) groups excluding carboxylic acids is 1. The Morgan fingerprint density at radius 2 is 2.22 bits per heavy atom. The number of methoxy groups -OCH3 is 1. The minimum Gasteiger partial charge on any atom is -0.444 e. The molecule has 6 nitrogen and oxygen atoms in total.